The highest BCUT2D eigenvalue weighted by molar-refractivity contribution is 5.74. The zero-order chi connectivity index (χ0) is 14.6. The minimum Gasteiger partial charge on any atom is -0.250 e. The van der Waals surface area contributed by atoms with Crippen molar-refractivity contribution in [1.29, 1.82) is 0 Å². The summed E-state index contributed by atoms with van der Waals surface area (Å²) in [5, 5.41) is 0. The van der Waals surface area contributed by atoms with Gasteiger partial charge in [-0.1, -0.05) is 53.7 Å². The summed E-state index contributed by atoms with van der Waals surface area (Å²) < 4.78 is 0. The van der Waals surface area contributed by atoms with Crippen LogP contribution in [-0.2, 0) is 0 Å². The molecule has 0 spiro atoms. The van der Waals surface area contributed by atoms with Crippen molar-refractivity contribution >= 4 is 11.0 Å². The second-order valence-corrected chi connectivity index (χ2v) is 2.88. The maximum absolute atomic E-state index is 4.41. The summed E-state index contributed by atoms with van der Waals surface area (Å²) in [7, 11) is 0. The molecule has 0 bridgehead atoms. The van der Waals surface area contributed by atoms with E-state index in [1.54, 1.807) is 0 Å². The monoisotopic (exact) mass is 248 g/mol. The second kappa shape index (κ2) is 12.0. The average molecular weight is 248 g/mol. The molecule has 102 valence electrons. The van der Waals surface area contributed by atoms with Gasteiger partial charge in [0.1, 0.15) is 0 Å². The highest BCUT2D eigenvalue weighted by atomic mass is 14.8. The molecule has 0 radical (unpaired) electrons. The van der Waals surface area contributed by atoms with E-state index < -0.39 is 0 Å². The zero-order valence-corrected chi connectivity index (χ0v) is 13.2. The van der Waals surface area contributed by atoms with Crippen molar-refractivity contribution in [2.45, 2.75) is 55.4 Å². The summed E-state index contributed by atoms with van der Waals surface area (Å²) in [5.41, 5.74) is 3.96. The number of hydrogen-bond donors (Lipinski definition) is 0. The lowest BCUT2D eigenvalue weighted by atomic mass is 10.2. The number of nitrogens with zero attached hydrogens (tertiary/aromatic N) is 2. The molecule has 1 heterocycles. The third kappa shape index (κ3) is 5.76. The van der Waals surface area contributed by atoms with E-state index in [1.165, 1.54) is 0 Å². The van der Waals surface area contributed by atoms with Crippen LogP contribution in [-0.4, -0.2) is 9.97 Å². The molecule has 2 heteroatoms. The largest absolute Gasteiger partial charge is 0.250 e. The molecule has 0 amide bonds. The Hall–Kier alpha value is -1.44. The second-order valence-electron chi connectivity index (χ2n) is 2.88. The van der Waals surface area contributed by atoms with Crippen LogP contribution in [0.3, 0.4) is 0 Å². The number of benzene rings is 1. The van der Waals surface area contributed by atoms with Crippen LogP contribution >= 0.6 is 0 Å². The number of aromatic nitrogens is 2. The van der Waals surface area contributed by atoms with Gasteiger partial charge in [0.05, 0.1) is 22.4 Å². The number of para-hydroxylation sites is 2. The van der Waals surface area contributed by atoms with Crippen LogP contribution in [0.25, 0.3) is 11.0 Å². The Morgan fingerprint density at radius 1 is 0.611 bits per heavy atom. The van der Waals surface area contributed by atoms with E-state index in [-0.39, 0.29) is 0 Å². The van der Waals surface area contributed by atoms with Gasteiger partial charge in [-0.3, -0.25) is 0 Å². The molecule has 2 rings (SSSR count). The smallest absolute Gasteiger partial charge is 0.0890 e. The Labute approximate surface area is 112 Å². The molecule has 0 atom stereocenters. The molecule has 18 heavy (non-hydrogen) atoms. The summed E-state index contributed by atoms with van der Waals surface area (Å²) in [6.07, 6.45) is 0. The molecule has 2 aromatic rings. The van der Waals surface area contributed by atoms with Crippen molar-refractivity contribution in [2.24, 2.45) is 0 Å². The highest BCUT2D eigenvalue weighted by Gasteiger charge is 1.98. The molecule has 0 saturated heterocycles. The first kappa shape index (κ1) is 18.9. The minimum absolute atomic E-state index is 0.973. The van der Waals surface area contributed by atoms with E-state index in [9.17, 15) is 0 Å². The summed E-state index contributed by atoms with van der Waals surface area (Å²) in [6, 6.07) is 7.92. The summed E-state index contributed by atoms with van der Waals surface area (Å²) >= 11 is 0. The van der Waals surface area contributed by atoms with Gasteiger partial charge in [-0.15, -0.1) is 0 Å². The summed E-state index contributed by atoms with van der Waals surface area (Å²) in [5.74, 6) is 0. The third-order valence-corrected chi connectivity index (χ3v) is 1.98. The lowest BCUT2D eigenvalue weighted by Crippen LogP contribution is -1.92. The lowest BCUT2D eigenvalue weighted by Gasteiger charge is -2.00. The van der Waals surface area contributed by atoms with Crippen LogP contribution < -0.4 is 0 Å². The zero-order valence-electron chi connectivity index (χ0n) is 13.2. The van der Waals surface area contributed by atoms with Gasteiger partial charge in [-0.05, 0) is 26.0 Å². The molecule has 0 N–H and O–H groups in total. The molecule has 0 aliphatic rings. The van der Waals surface area contributed by atoms with Crippen molar-refractivity contribution in [3.05, 3.63) is 35.7 Å². The highest BCUT2D eigenvalue weighted by Crippen LogP contribution is 2.10. The van der Waals surface area contributed by atoms with E-state index >= 15 is 0 Å². The molecule has 0 unspecified atom stereocenters. The van der Waals surface area contributed by atoms with Crippen molar-refractivity contribution < 1.29 is 0 Å². The maximum Gasteiger partial charge on any atom is 0.0890 e. The van der Waals surface area contributed by atoms with Gasteiger partial charge < -0.3 is 0 Å². The van der Waals surface area contributed by atoms with Crippen molar-refractivity contribution in [1.82, 2.24) is 9.97 Å². The lowest BCUT2D eigenvalue weighted by molar-refractivity contribution is 1.10. The van der Waals surface area contributed by atoms with Crippen LogP contribution in [0.15, 0.2) is 24.3 Å². The van der Waals surface area contributed by atoms with Gasteiger partial charge >= 0.3 is 0 Å². The predicted octanol–water partition coefficient (Wildman–Crippen LogP) is 5.33. The van der Waals surface area contributed by atoms with Crippen molar-refractivity contribution in [2.75, 3.05) is 0 Å². The maximum atomic E-state index is 4.41. The predicted molar refractivity (Wildman–Crippen MR) is 83.1 cm³/mol. The van der Waals surface area contributed by atoms with Gasteiger partial charge in [0.15, 0.2) is 0 Å². The van der Waals surface area contributed by atoms with Gasteiger partial charge in [0.25, 0.3) is 0 Å². The molecule has 0 saturated carbocycles. The Morgan fingerprint density at radius 2 is 0.889 bits per heavy atom. The fraction of sp³-hybridized carbons (Fsp3) is 0.500. The fourth-order valence-electron chi connectivity index (χ4n) is 1.18. The molecule has 0 aliphatic heterocycles. The van der Waals surface area contributed by atoms with E-state index in [4.69, 9.17) is 0 Å². The van der Waals surface area contributed by atoms with Gasteiger partial charge in [0, 0.05) is 0 Å². The van der Waals surface area contributed by atoms with Crippen LogP contribution in [0, 0.1) is 13.8 Å². The molecule has 1 aromatic heterocycles. The van der Waals surface area contributed by atoms with E-state index in [0.717, 1.165) is 22.4 Å². The van der Waals surface area contributed by atoms with E-state index in [1.807, 2.05) is 79.7 Å². The van der Waals surface area contributed by atoms with Crippen molar-refractivity contribution in [3.63, 3.8) is 0 Å². The Balaban J connectivity index is 0. The molecule has 1 aromatic carbocycles. The average Bonchev–Trinajstić information content (AvgIpc) is 2.47. The van der Waals surface area contributed by atoms with Gasteiger partial charge in [-0.2, -0.15) is 0 Å². The standard InChI is InChI=1S/C10H10N2.3C2H6/c1-7-8(2)12-10-6-4-3-5-9(10)11-7;3*1-2/h3-6H,1-2H3;3*1-2H3. The van der Waals surface area contributed by atoms with E-state index in [2.05, 4.69) is 9.97 Å². The molecular weight excluding hydrogens is 220 g/mol. The van der Waals surface area contributed by atoms with E-state index in [0.29, 0.717) is 0 Å². The van der Waals surface area contributed by atoms with Crippen LogP contribution in [0.2, 0.25) is 0 Å². The molecule has 0 fully saturated rings. The number of hydrogen-bond acceptors (Lipinski definition) is 2. The van der Waals surface area contributed by atoms with Crippen LogP contribution in [0.5, 0.6) is 0 Å². The first-order chi connectivity index (χ1) is 8.77. The van der Waals surface area contributed by atoms with Gasteiger partial charge in [0.2, 0.25) is 0 Å². The topological polar surface area (TPSA) is 25.8 Å². The summed E-state index contributed by atoms with van der Waals surface area (Å²) in [4.78, 5) is 8.83. The fourth-order valence-corrected chi connectivity index (χ4v) is 1.18. The van der Waals surface area contributed by atoms with Crippen molar-refractivity contribution in [3.8, 4) is 0 Å². The molecule has 2 nitrogen and oxygen atoms in total. The Morgan fingerprint density at radius 3 is 1.17 bits per heavy atom. The van der Waals surface area contributed by atoms with Crippen LogP contribution in [0.4, 0.5) is 0 Å². The Kier molecular flexibility index (Phi) is 12.6. The SMILES string of the molecule is CC.CC.CC.Cc1nc2ccccc2nc1C. The molecular formula is C16H28N2. The first-order valence-electron chi connectivity index (χ1n) is 6.97. The number of aryl methyl sites for hydroxylation is 2. The minimum atomic E-state index is 0.973. The summed E-state index contributed by atoms with van der Waals surface area (Å²) in [6.45, 7) is 16.0. The number of fused-ring (bicyclic) bond motifs is 1. The quantitative estimate of drug-likeness (QED) is 0.630. The number of rotatable bonds is 0. The first-order valence-corrected chi connectivity index (χ1v) is 6.97. The Bertz CT molecular complexity index is 382. The normalized spacial score (nSPS) is 8.00. The third-order valence-electron chi connectivity index (χ3n) is 1.98. The van der Waals surface area contributed by atoms with Crippen LogP contribution in [0.1, 0.15) is 52.9 Å². The molecule has 0 aliphatic carbocycles. The van der Waals surface area contributed by atoms with Gasteiger partial charge in [-0.25, -0.2) is 9.97 Å².